The maximum atomic E-state index is 12.2. The minimum absolute atomic E-state index is 0.0280. The normalized spacial score (nSPS) is 18.3. The fraction of sp³-hybridized carbons (Fsp3) is 0.318. The van der Waals surface area contributed by atoms with Crippen LogP contribution in [-0.2, 0) is 6.42 Å². The highest BCUT2D eigenvalue weighted by Gasteiger charge is 2.33. The summed E-state index contributed by atoms with van der Waals surface area (Å²) >= 11 is 1.83. The number of rotatable bonds is 4. The number of benzene rings is 2. The van der Waals surface area contributed by atoms with Crippen LogP contribution in [0.5, 0.6) is 0 Å². The highest BCUT2D eigenvalue weighted by molar-refractivity contribution is 8.00. The Morgan fingerprint density at radius 1 is 1.26 bits per heavy atom. The van der Waals surface area contributed by atoms with Gasteiger partial charge in [0, 0.05) is 44.4 Å². The molecule has 2 heterocycles. The van der Waals surface area contributed by atoms with E-state index in [1.165, 1.54) is 0 Å². The molecule has 1 aliphatic heterocycles. The second-order valence-corrected chi connectivity index (χ2v) is 9.42. The second-order valence-electron chi connectivity index (χ2n) is 7.67. The predicted molar refractivity (Wildman–Crippen MR) is 110 cm³/mol. The number of nitrogens with one attached hydrogen (secondary N) is 2. The molecule has 1 unspecified atom stereocenters. The minimum atomic E-state index is -0.464. The number of carbonyl (C=O) groups is 1. The van der Waals surface area contributed by atoms with E-state index in [-0.39, 0.29) is 10.7 Å². The number of aliphatic hydroxyl groups excluding tert-OH is 1. The number of aliphatic hydroxyl groups is 1. The second kappa shape index (κ2) is 7.06. The zero-order chi connectivity index (χ0) is 19.0. The molecular weight excluding hydrogens is 356 g/mol. The van der Waals surface area contributed by atoms with Crippen LogP contribution in [0.2, 0.25) is 0 Å². The Morgan fingerprint density at radius 2 is 2.04 bits per heavy atom. The standard InChI is InChI=1S/C22H24N2O2S/c1-22(2)12-17(25)20-18(27-22)9-8-16-19(20)15(13-24-16)10-11-23-21(26)14-6-4-3-5-7-14/h3-9,13,17,24-25H,10-12H2,1-2H3,(H,23,26). The van der Waals surface area contributed by atoms with Gasteiger partial charge in [0.2, 0.25) is 0 Å². The Balaban J connectivity index is 1.56. The molecule has 4 nitrogen and oxygen atoms in total. The fourth-order valence-corrected chi connectivity index (χ4v) is 5.15. The van der Waals surface area contributed by atoms with Gasteiger partial charge in [-0.2, -0.15) is 0 Å². The van der Waals surface area contributed by atoms with Crippen LogP contribution in [0.3, 0.4) is 0 Å². The molecule has 0 saturated carbocycles. The third-order valence-corrected chi connectivity index (χ3v) is 6.34. The molecule has 0 saturated heterocycles. The molecule has 3 N–H and O–H groups in total. The van der Waals surface area contributed by atoms with Gasteiger partial charge < -0.3 is 15.4 Å². The van der Waals surface area contributed by atoms with Crippen molar-refractivity contribution in [1.82, 2.24) is 10.3 Å². The van der Waals surface area contributed by atoms with E-state index in [0.29, 0.717) is 12.1 Å². The van der Waals surface area contributed by atoms with Gasteiger partial charge in [-0.3, -0.25) is 4.79 Å². The predicted octanol–water partition coefficient (Wildman–Crippen LogP) is 4.45. The van der Waals surface area contributed by atoms with Crippen molar-refractivity contribution in [3.63, 3.8) is 0 Å². The van der Waals surface area contributed by atoms with E-state index in [1.54, 1.807) is 0 Å². The smallest absolute Gasteiger partial charge is 0.251 e. The van der Waals surface area contributed by atoms with E-state index < -0.39 is 6.10 Å². The molecular formula is C22H24N2O2S. The fourth-order valence-electron chi connectivity index (χ4n) is 3.83. The Morgan fingerprint density at radius 3 is 2.81 bits per heavy atom. The number of H-pyrrole nitrogens is 1. The van der Waals surface area contributed by atoms with E-state index in [4.69, 9.17) is 0 Å². The van der Waals surface area contributed by atoms with Crippen LogP contribution in [-0.4, -0.2) is 27.3 Å². The lowest BCUT2D eigenvalue weighted by molar-refractivity contribution is 0.0954. The van der Waals surface area contributed by atoms with Crippen LogP contribution in [0.1, 0.15) is 47.9 Å². The Labute approximate surface area is 163 Å². The van der Waals surface area contributed by atoms with Gasteiger partial charge >= 0.3 is 0 Å². The zero-order valence-corrected chi connectivity index (χ0v) is 16.4. The molecule has 0 aliphatic carbocycles. The summed E-state index contributed by atoms with van der Waals surface area (Å²) in [5.74, 6) is -0.0604. The first-order valence-corrected chi connectivity index (χ1v) is 10.1. The number of carbonyl (C=O) groups excluding carboxylic acids is 1. The molecule has 1 atom stereocenters. The average molecular weight is 381 g/mol. The molecule has 27 heavy (non-hydrogen) atoms. The molecule has 0 radical (unpaired) electrons. The van der Waals surface area contributed by atoms with Crippen molar-refractivity contribution in [2.45, 2.75) is 42.4 Å². The van der Waals surface area contributed by atoms with Gasteiger partial charge in [0.1, 0.15) is 0 Å². The number of hydrogen-bond acceptors (Lipinski definition) is 3. The van der Waals surface area contributed by atoms with Crippen LogP contribution in [0, 0.1) is 0 Å². The van der Waals surface area contributed by atoms with Crippen molar-refractivity contribution >= 4 is 28.6 Å². The third-order valence-electron chi connectivity index (χ3n) is 5.05. The Bertz CT molecular complexity index is 979. The molecule has 0 fully saturated rings. The molecule has 1 aromatic heterocycles. The summed E-state index contributed by atoms with van der Waals surface area (Å²) in [7, 11) is 0. The number of aromatic amines is 1. The SMILES string of the molecule is CC1(C)CC(O)c2c(ccc3[nH]cc(CCNC(=O)c4ccccc4)c23)S1. The number of thioether (sulfide) groups is 1. The molecule has 2 aromatic carbocycles. The topological polar surface area (TPSA) is 65.1 Å². The molecule has 0 spiro atoms. The first kappa shape index (κ1) is 18.1. The Kier molecular flexibility index (Phi) is 4.74. The van der Waals surface area contributed by atoms with E-state index >= 15 is 0 Å². The van der Waals surface area contributed by atoms with E-state index in [0.717, 1.165) is 39.8 Å². The lowest BCUT2D eigenvalue weighted by Crippen LogP contribution is -2.26. The maximum Gasteiger partial charge on any atom is 0.251 e. The van der Waals surface area contributed by atoms with Gasteiger partial charge in [0.25, 0.3) is 5.91 Å². The molecule has 1 aliphatic rings. The van der Waals surface area contributed by atoms with Crippen molar-refractivity contribution < 1.29 is 9.90 Å². The summed E-state index contributed by atoms with van der Waals surface area (Å²) in [6.45, 7) is 4.90. The van der Waals surface area contributed by atoms with Gasteiger partial charge in [0.15, 0.2) is 0 Å². The molecule has 4 rings (SSSR count). The number of hydrogen-bond donors (Lipinski definition) is 3. The van der Waals surface area contributed by atoms with Crippen molar-refractivity contribution in [3.8, 4) is 0 Å². The van der Waals surface area contributed by atoms with Gasteiger partial charge in [-0.1, -0.05) is 32.0 Å². The van der Waals surface area contributed by atoms with E-state index in [9.17, 15) is 9.90 Å². The number of amides is 1. The maximum absolute atomic E-state index is 12.2. The van der Waals surface area contributed by atoms with Crippen LogP contribution in [0.4, 0.5) is 0 Å². The van der Waals surface area contributed by atoms with Gasteiger partial charge in [0.05, 0.1) is 6.10 Å². The number of fused-ring (bicyclic) bond motifs is 3. The van der Waals surface area contributed by atoms with Crippen LogP contribution in [0.25, 0.3) is 10.9 Å². The first-order valence-electron chi connectivity index (χ1n) is 9.28. The van der Waals surface area contributed by atoms with Crippen molar-refractivity contribution in [2.24, 2.45) is 0 Å². The lowest BCUT2D eigenvalue weighted by atomic mass is 9.93. The molecule has 0 bridgehead atoms. The van der Waals surface area contributed by atoms with Crippen LogP contribution in [0.15, 0.2) is 53.6 Å². The summed E-state index contributed by atoms with van der Waals surface area (Å²) in [4.78, 5) is 16.7. The van der Waals surface area contributed by atoms with Gasteiger partial charge in [-0.15, -0.1) is 11.8 Å². The molecule has 3 aromatic rings. The van der Waals surface area contributed by atoms with Crippen molar-refractivity contribution in [3.05, 3.63) is 65.4 Å². The lowest BCUT2D eigenvalue weighted by Gasteiger charge is -2.34. The summed E-state index contributed by atoms with van der Waals surface area (Å²) < 4.78 is 0.0280. The summed E-state index contributed by atoms with van der Waals surface area (Å²) in [6.07, 6.45) is 2.99. The van der Waals surface area contributed by atoms with E-state index in [1.807, 2.05) is 48.3 Å². The third kappa shape index (κ3) is 3.62. The zero-order valence-electron chi connectivity index (χ0n) is 15.6. The Hall–Kier alpha value is -2.24. The average Bonchev–Trinajstić information content (AvgIpc) is 3.04. The first-order chi connectivity index (χ1) is 12.9. The summed E-state index contributed by atoms with van der Waals surface area (Å²) in [5.41, 5.74) is 3.87. The highest BCUT2D eigenvalue weighted by Crippen LogP contribution is 2.49. The van der Waals surface area contributed by atoms with E-state index in [2.05, 4.69) is 36.3 Å². The molecule has 1 amide bonds. The quantitative estimate of drug-likeness (QED) is 0.627. The summed E-state index contributed by atoms with van der Waals surface area (Å²) in [5, 5.41) is 14.9. The van der Waals surface area contributed by atoms with Crippen molar-refractivity contribution in [2.75, 3.05) is 6.54 Å². The molecule has 140 valence electrons. The van der Waals surface area contributed by atoms with Crippen LogP contribution >= 0.6 is 11.8 Å². The monoisotopic (exact) mass is 380 g/mol. The van der Waals surface area contributed by atoms with Gasteiger partial charge in [-0.25, -0.2) is 0 Å². The van der Waals surface area contributed by atoms with Gasteiger partial charge in [-0.05, 0) is 42.7 Å². The van der Waals surface area contributed by atoms with Crippen LogP contribution < -0.4 is 5.32 Å². The molecule has 5 heteroatoms. The van der Waals surface area contributed by atoms with Crippen molar-refractivity contribution in [1.29, 1.82) is 0 Å². The number of aromatic nitrogens is 1. The highest BCUT2D eigenvalue weighted by atomic mass is 32.2. The summed E-state index contributed by atoms with van der Waals surface area (Å²) in [6, 6.07) is 13.4. The largest absolute Gasteiger partial charge is 0.388 e. The minimum Gasteiger partial charge on any atom is -0.388 e.